The summed E-state index contributed by atoms with van der Waals surface area (Å²) in [5.41, 5.74) is -1.09. The molecule has 0 radical (unpaired) electrons. The number of urea groups is 1. The van der Waals surface area contributed by atoms with Crippen LogP contribution in [-0.4, -0.2) is 29.4 Å². The van der Waals surface area contributed by atoms with Crippen LogP contribution in [-0.2, 0) is 9.59 Å². The molecule has 102 valence electrons. The summed E-state index contributed by atoms with van der Waals surface area (Å²) >= 11 is 1.60. The average molecular weight is 272 g/mol. The third-order valence-electron chi connectivity index (χ3n) is 3.17. The number of amides is 4. The first-order valence-corrected chi connectivity index (χ1v) is 7.47. The molecule has 0 spiro atoms. The van der Waals surface area contributed by atoms with E-state index in [4.69, 9.17) is 0 Å². The van der Waals surface area contributed by atoms with E-state index in [-0.39, 0.29) is 0 Å². The highest BCUT2D eigenvalue weighted by Crippen LogP contribution is 2.30. The van der Waals surface area contributed by atoms with Gasteiger partial charge in [0.1, 0.15) is 5.41 Å². The number of imide groups is 2. The van der Waals surface area contributed by atoms with Crippen molar-refractivity contribution < 1.29 is 14.4 Å². The zero-order valence-corrected chi connectivity index (χ0v) is 11.7. The molecular weight excluding hydrogens is 252 g/mol. The molecule has 0 atom stereocenters. The van der Waals surface area contributed by atoms with Crippen molar-refractivity contribution in [2.24, 2.45) is 5.41 Å². The van der Waals surface area contributed by atoms with Gasteiger partial charge in [0.25, 0.3) is 0 Å². The zero-order valence-electron chi connectivity index (χ0n) is 10.9. The minimum atomic E-state index is -1.09. The lowest BCUT2D eigenvalue weighted by Gasteiger charge is -2.32. The van der Waals surface area contributed by atoms with E-state index in [1.54, 1.807) is 18.7 Å². The van der Waals surface area contributed by atoms with Crippen molar-refractivity contribution in [3.63, 3.8) is 0 Å². The molecule has 5 nitrogen and oxygen atoms in total. The van der Waals surface area contributed by atoms with Crippen molar-refractivity contribution in [2.45, 2.75) is 39.5 Å². The molecule has 1 rings (SSSR count). The van der Waals surface area contributed by atoms with E-state index in [1.807, 2.05) is 0 Å². The molecule has 1 heterocycles. The normalized spacial score (nSPS) is 18.4. The van der Waals surface area contributed by atoms with Crippen LogP contribution in [0, 0.1) is 5.41 Å². The summed E-state index contributed by atoms with van der Waals surface area (Å²) in [7, 11) is 0. The van der Waals surface area contributed by atoms with Gasteiger partial charge in [-0.1, -0.05) is 26.7 Å². The van der Waals surface area contributed by atoms with E-state index in [0.29, 0.717) is 12.2 Å². The Hall–Kier alpha value is -1.04. The molecule has 1 fully saturated rings. The van der Waals surface area contributed by atoms with Crippen LogP contribution in [0.5, 0.6) is 0 Å². The molecule has 1 saturated heterocycles. The highest BCUT2D eigenvalue weighted by Gasteiger charge is 2.48. The lowest BCUT2D eigenvalue weighted by Crippen LogP contribution is -2.63. The topological polar surface area (TPSA) is 75.3 Å². The first-order chi connectivity index (χ1) is 8.56. The molecule has 0 aromatic heterocycles. The van der Waals surface area contributed by atoms with E-state index >= 15 is 0 Å². The Bertz CT molecular complexity index is 324. The van der Waals surface area contributed by atoms with Crippen molar-refractivity contribution in [1.29, 1.82) is 0 Å². The molecule has 0 aromatic carbocycles. The number of carbonyl (C=O) groups excluding carboxylic acids is 3. The van der Waals surface area contributed by atoms with Gasteiger partial charge in [-0.25, -0.2) is 4.79 Å². The van der Waals surface area contributed by atoms with Crippen LogP contribution in [0.15, 0.2) is 0 Å². The standard InChI is InChI=1S/C12H20N2O3S/c1-3-5-6-7-18-8-12(4-2)9(15)13-11(17)14-10(12)16/h3-8H2,1-2H3,(H2,13,14,15,16,17). The fraction of sp³-hybridized carbons (Fsp3) is 0.750. The number of rotatable bonds is 7. The predicted molar refractivity (Wildman–Crippen MR) is 71.3 cm³/mol. The lowest BCUT2D eigenvalue weighted by atomic mass is 9.84. The maximum Gasteiger partial charge on any atom is 0.328 e. The van der Waals surface area contributed by atoms with Crippen LogP contribution in [0.2, 0.25) is 0 Å². The largest absolute Gasteiger partial charge is 0.328 e. The van der Waals surface area contributed by atoms with Gasteiger partial charge in [0.2, 0.25) is 11.8 Å². The highest BCUT2D eigenvalue weighted by molar-refractivity contribution is 7.99. The molecule has 4 amide bonds. The van der Waals surface area contributed by atoms with E-state index in [9.17, 15) is 14.4 Å². The molecule has 2 N–H and O–H groups in total. The van der Waals surface area contributed by atoms with Crippen LogP contribution >= 0.6 is 11.8 Å². The maximum absolute atomic E-state index is 11.9. The zero-order chi connectivity index (χ0) is 13.6. The second-order valence-corrected chi connectivity index (χ2v) is 5.54. The average Bonchev–Trinajstić information content (AvgIpc) is 2.32. The van der Waals surface area contributed by atoms with Crippen LogP contribution in [0.3, 0.4) is 0 Å². The van der Waals surface area contributed by atoms with Crippen LogP contribution in [0.4, 0.5) is 4.79 Å². The van der Waals surface area contributed by atoms with Crippen LogP contribution < -0.4 is 10.6 Å². The van der Waals surface area contributed by atoms with E-state index in [2.05, 4.69) is 17.6 Å². The second-order valence-electron chi connectivity index (χ2n) is 4.43. The number of carbonyl (C=O) groups is 3. The summed E-state index contributed by atoms with van der Waals surface area (Å²) in [4.78, 5) is 34.8. The van der Waals surface area contributed by atoms with Crippen LogP contribution in [0.1, 0.15) is 39.5 Å². The quantitative estimate of drug-likeness (QED) is 0.546. The Labute approximate surface area is 111 Å². The number of hydrogen-bond donors (Lipinski definition) is 2. The fourth-order valence-corrected chi connectivity index (χ4v) is 3.20. The molecule has 6 heteroatoms. The van der Waals surface area contributed by atoms with Gasteiger partial charge in [0, 0.05) is 5.75 Å². The maximum atomic E-state index is 11.9. The molecule has 1 aliphatic rings. The van der Waals surface area contributed by atoms with Gasteiger partial charge in [0.05, 0.1) is 0 Å². The number of hydrogen-bond acceptors (Lipinski definition) is 4. The first-order valence-electron chi connectivity index (χ1n) is 6.31. The Morgan fingerprint density at radius 2 is 1.67 bits per heavy atom. The van der Waals surface area contributed by atoms with E-state index in [0.717, 1.165) is 25.0 Å². The predicted octanol–water partition coefficient (Wildman–Crippen LogP) is 1.67. The summed E-state index contributed by atoms with van der Waals surface area (Å²) in [5.74, 6) is 0.422. The van der Waals surface area contributed by atoms with Crippen molar-refractivity contribution in [1.82, 2.24) is 10.6 Å². The minimum Gasteiger partial charge on any atom is -0.277 e. The van der Waals surface area contributed by atoms with Gasteiger partial charge in [0.15, 0.2) is 0 Å². The minimum absolute atomic E-state index is 0.402. The number of nitrogens with one attached hydrogen (secondary N) is 2. The van der Waals surface area contributed by atoms with Crippen molar-refractivity contribution in [3.05, 3.63) is 0 Å². The van der Waals surface area contributed by atoms with Gasteiger partial charge < -0.3 is 0 Å². The number of unbranched alkanes of at least 4 members (excludes halogenated alkanes) is 2. The van der Waals surface area contributed by atoms with Crippen molar-refractivity contribution >= 4 is 29.6 Å². The van der Waals surface area contributed by atoms with E-state index < -0.39 is 23.3 Å². The van der Waals surface area contributed by atoms with Crippen LogP contribution in [0.25, 0.3) is 0 Å². The molecule has 1 aliphatic heterocycles. The molecule has 0 saturated carbocycles. The van der Waals surface area contributed by atoms with Gasteiger partial charge in [-0.2, -0.15) is 11.8 Å². The number of thioether (sulfide) groups is 1. The summed E-state index contributed by atoms with van der Waals surface area (Å²) in [5, 5.41) is 4.36. The van der Waals surface area contributed by atoms with E-state index in [1.165, 1.54) is 0 Å². The Balaban J connectivity index is 2.58. The third kappa shape index (κ3) is 3.25. The van der Waals surface area contributed by atoms with Gasteiger partial charge in [-0.15, -0.1) is 0 Å². The summed E-state index contributed by atoms with van der Waals surface area (Å²) in [6, 6.07) is -0.718. The van der Waals surface area contributed by atoms with Crippen molar-refractivity contribution in [2.75, 3.05) is 11.5 Å². The lowest BCUT2D eigenvalue weighted by molar-refractivity contribution is -0.142. The van der Waals surface area contributed by atoms with Gasteiger partial charge >= 0.3 is 6.03 Å². The molecule has 0 unspecified atom stereocenters. The molecule has 0 aromatic rings. The Morgan fingerprint density at radius 1 is 1.06 bits per heavy atom. The number of barbiturate groups is 1. The fourth-order valence-electron chi connectivity index (χ4n) is 1.83. The van der Waals surface area contributed by atoms with Crippen molar-refractivity contribution in [3.8, 4) is 0 Å². The molecule has 0 aliphatic carbocycles. The highest BCUT2D eigenvalue weighted by atomic mass is 32.2. The molecular formula is C12H20N2O3S. The summed E-state index contributed by atoms with van der Waals surface area (Å²) in [6.45, 7) is 3.92. The summed E-state index contributed by atoms with van der Waals surface area (Å²) < 4.78 is 0. The first kappa shape index (κ1) is 15.0. The van der Waals surface area contributed by atoms with Gasteiger partial charge in [-0.3, -0.25) is 20.2 Å². The monoisotopic (exact) mass is 272 g/mol. The second kappa shape index (κ2) is 6.78. The third-order valence-corrected chi connectivity index (χ3v) is 4.44. The summed E-state index contributed by atoms with van der Waals surface area (Å²) in [6.07, 6.45) is 3.79. The SMILES string of the molecule is CCCCCSCC1(CC)C(=O)NC(=O)NC1=O. The molecule has 18 heavy (non-hydrogen) atoms. The Kier molecular flexibility index (Phi) is 5.65. The Morgan fingerprint density at radius 3 is 2.17 bits per heavy atom. The smallest absolute Gasteiger partial charge is 0.277 e. The molecule has 0 bridgehead atoms. The van der Waals surface area contributed by atoms with Gasteiger partial charge in [-0.05, 0) is 18.6 Å².